The number of ketones is 1. The highest BCUT2D eigenvalue weighted by Gasteiger charge is 2.07. The molecule has 0 heterocycles. The summed E-state index contributed by atoms with van der Waals surface area (Å²) in [5.41, 5.74) is 3.80. The van der Waals surface area contributed by atoms with E-state index in [4.69, 9.17) is 14.2 Å². The molecule has 4 heteroatoms. The first kappa shape index (κ1) is 24.1. The van der Waals surface area contributed by atoms with Crippen LogP contribution in [-0.2, 0) is 6.61 Å². The lowest BCUT2D eigenvalue weighted by molar-refractivity contribution is 0.104. The topological polar surface area (TPSA) is 44.8 Å². The molecule has 3 aromatic carbocycles. The van der Waals surface area contributed by atoms with Crippen molar-refractivity contribution in [2.75, 3.05) is 13.2 Å². The molecule has 33 heavy (non-hydrogen) atoms. The molecule has 0 radical (unpaired) electrons. The number of carbonyl (C=O) groups is 1. The van der Waals surface area contributed by atoms with E-state index < -0.39 is 0 Å². The molecule has 0 saturated heterocycles. The van der Waals surface area contributed by atoms with Crippen LogP contribution in [0.25, 0.3) is 6.08 Å². The molecular formula is C29H32O4. The van der Waals surface area contributed by atoms with Gasteiger partial charge in [0, 0.05) is 5.56 Å². The van der Waals surface area contributed by atoms with Gasteiger partial charge in [0.05, 0.1) is 13.2 Å². The SMILES string of the molecule is CCOc1ccc(COc2cccc(/C=C/C(=O)c3ccc(C(C)C)cc3)c2)cc1OCC. The molecule has 0 aromatic heterocycles. The van der Waals surface area contributed by atoms with Crippen LogP contribution < -0.4 is 14.2 Å². The van der Waals surface area contributed by atoms with Gasteiger partial charge in [0.1, 0.15) is 12.4 Å². The summed E-state index contributed by atoms with van der Waals surface area (Å²) < 4.78 is 17.3. The Kier molecular flexibility index (Phi) is 8.71. The zero-order valence-corrected chi connectivity index (χ0v) is 19.8. The van der Waals surface area contributed by atoms with E-state index in [0.29, 0.717) is 31.3 Å². The van der Waals surface area contributed by atoms with Crippen LogP contribution in [0, 0.1) is 0 Å². The maximum Gasteiger partial charge on any atom is 0.185 e. The van der Waals surface area contributed by atoms with Crippen molar-refractivity contribution in [2.45, 2.75) is 40.2 Å². The molecule has 172 valence electrons. The van der Waals surface area contributed by atoms with Crippen LogP contribution in [0.3, 0.4) is 0 Å². The quantitative estimate of drug-likeness (QED) is 0.234. The molecule has 3 aromatic rings. The molecule has 0 spiro atoms. The minimum atomic E-state index is -0.0190. The Balaban J connectivity index is 1.63. The van der Waals surface area contributed by atoms with Gasteiger partial charge in [0.15, 0.2) is 17.3 Å². The predicted octanol–water partition coefficient (Wildman–Crippen LogP) is 7.08. The summed E-state index contributed by atoms with van der Waals surface area (Å²) in [6.45, 7) is 9.73. The Hall–Kier alpha value is -3.53. The van der Waals surface area contributed by atoms with E-state index in [1.165, 1.54) is 5.56 Å². The molecule has 0 N–H and O–H groups in total. The van der Waals surface area contributed by atoms with Gasteiger partial charge in [-0.15, -0.1) is 0 Å². The fourth-order valence-electron chi connectivity index (χ4n) is 3.36. The largest absolute Gasteiger partial charge is 0.490 e. The molecule has 0 bridgehead atoms. The highest BCUT2D eigenvalue weighted by molar-refractivity contribution is 6.06. The third kappa shape index (κ3) is 6.98. The third-order valence-corrected chi connectivity index (χ3v) is 5.16. The second kappa shape index (κ2) is 11.9. The highest BCUT2D eigenvalue weighted by atomic mass is 16.5. The zero-order chi connectivity index (χ0) is 23.6. The summed E-state index contributed by atoms with van der Waals surface area (Å²) >= 11 is 0. The minimum Gasteiger partial charge on any atom is -0.490 e. The maximum absolute atomic E-state index is 12.5. The number of carbonyl (C=O) groups excluding carboxylic acids is 1. The molecule has 0 unspecified atom stereocenters. The molecule has 0 saturated carbocycles. The Labute approximate surface area is 196 Å². The first-order chi connectivity index (χ1) is 16.0. The zero-order valence-electron chi connectivity index (χ0n) is 19.8. The third-order valence-electron chi connectivity index (χ3n) is 5.16. The van der Waals surface area contributed by atoms with E-state index in [-0.39, 0.29) is 5.78 Å². The van der Waals surface area contributed by atoms with E-state index in [1.54, 1.807) is 6.08 Å². The second-order valence-corrected chi connectivity index (χ2v) is 7.98. The maximum atomic E-state index is 12.5. The Morgan fingerprint density at radius 3 is 2.27 bits per heavy atom. The second-order valence-electron chi connectivity index (χ2n) is 7.98. The van der Waals surface area contributed by atoms with Crippen molar-refractivity contribution in [3.05, 3.63) is 95.1 Å². The van der Waals surface area contributed by atoms with Crippen LogP contribution in [0.15, 0.2) is 72.8 Å². The van der Waals surface area contributed by atoms with E-state index in [0.717, 1.165) is 28.4 Å². The first-order valence-electron chi connectivity index (χ1n) is 11.4. The fourth-order valence-corrected chi connectivity index (χ4v) is 3.36. The van der Waals surface area contributed by atoms with Crippen LogP contribution in [0.1, 0.15) is 60.7 Å². The predicted molar refractivity (Wildman–Crippen MR) is 133 cm³/mol. The summed E-state index contributed by atoms with van der Waals surface area (Å²) in [5.74, 6) is 2.61. The summed E-state index contributed by atoms with van der Waals surface area (Å²) in [6, 6.07) is 21.3. The van der Waals surface area contributed by atoms with Gasteiger partial charge in [-0.3, -0.25) is 4.79 Å². The lowest BCUT2D eigenvalue weighted by atomic mass is 10.0. The highest BCUT2D eigenvalue weighted by Crippen LogP contribution is 2.29. The molecular weight excluding hydrogens is 412 g/mol. The van der Waals surface area contributed by atoms with E-state index in [1.807, 2.05) is 86.7 Å². The van der Waals surface area contributed by atoms with Crippen molar-refractivity contribution >= 4 is 11.9 Å². The van der Waals surface area contributed by atoms with Crippen molar-refractivity contribution in [1.82, 2.24) is 0 Å². The molecule has 0 aliphatic carbocycles. The monoisotopic (exact) mass is 444 g/mol. The molecule has 3 rings (SSSR count). The normalized spacial score (nSPS) is 11.1. The summed E-state index contributed by atoms with van der Waals surface area (Å²) in [7, 11) is 0. The van der Waals surface area contributed by atoms with Crippen LogP contribution >= 0.6 is 0 Å². The average molecular weight is 445 g/mol. The van der Waals surface area contributed by atoms with Gasteiger partial charge in [-0.1, -0.05) is 62.4 Å². The van der Waals surface area contributed by atoms with E-state index in [9.17, 15) is 4.79 Å². The van der Waals surface area contributed by atoms with Gasteiger partial charge in [0.2, 0.25) is 0 Å². The number of hydrogen-bond donors (Lipinski definition) is 0. The summed E-state index contributed by atoms with van der Waals surface area (Å²) in [6.07, 6.45) is 3.42. The van der Waals surface area contributed by atoms with Gasteiger partial charge >= 0.3 is 0 Å². The Bertz CT molecular complexity index is 1080. The number of benzene rings is 3. The average Bonchev–Trinajstić information content (AvgIpc) is 2.83. The van der Waals surface area contributed by atoms with E-state index >= 15 is 0 Å². The van der Waals surface area contributed by atoms with Gasteiger partial charge < -0.3 is 14.2 Å². The van der Waals surface area contributed by atoms with E-state index in [2.05, 4.69) is 13.8 Å². The summed E-state index contributed by atoms with van der Waals surface area (Å²) in [4.78, 5) is 12.5. The Morgan fingerprint density at radius 2 is 1.58 bits per heavy atom. The van der Waals surface area contributed by atoms with Crippen molar-refractivity contribution < 1.29 is 19.0 Å². The van der Waals surface area contributed by atoms with Crippen LogP contribution in [-0.4, -0.2) is 19.0 Å². The van der Waals surface area contributed by atoms with Crippen LogP contribution in [0.2, 0.25) is 0 Å². The van der Waals surface area contributed by atoms with Gasteiger partial charge in [-0.25, -0.2) is 0 Å². The number of hydrogen-bond acceptors (Lipinski definition) is 4. The minimum absolute atomic E-state index is 0.0190. The number of rotatable bonds is 11. The molecule has 0 amide bonds. The lowest BCUT2D eigenvalue weighted by Crippen LogP contribution is -2.01. The Morgan fingerprint density at radius 1 is 0.848 bits per heavy atom. The molecule has 0 atom stereocenters. The van der Waals surface area contributed by atoms with Gasteiger partial charge in [-0.2, -0.15) is 0 Å². The number of allylic oxidation sites excluding steroid dienone is 1. The fraction of sp³-hybridized carbons (Fsp3) is 0.276. The molecule has 4 nitrogen and oxygen atoms in total. The van der Waals surface area contributed by atoms with Crippen molar-refractivity contribution in [3.8, 4) is 17.2 Å². The van der Waals surface area contributed by atoms with Gasteiger partial charge in [0.25, 0.3) is 0 Å². The molecule has 0 aliphatic rings. The molecule has 0 fully saturated rings. The lowest BCUT2D eigenvalue weighted by Gasteiger charge is -2.13. The van der Waals surface area contributed by atoms with Gasteiger partial charge in [-0.05, 0) is 66.8 Å². The first-order valence-corrected chi connectivity index (χ1v) is 11.4. The molecule has 0 aliphatic heterocycles. The van der Waals surface area contributed by atoms with Crippen LogP contribution in [0.5, 0.6) is 17.2 Å². The summed E-state index contributed by atoms with van der Waals surface area (Å²) in [5, 5.41) is 0. The van der Waals surface area contributed by atoms with Crippen LogP contribution in [0.4, 0.5) is 0 Å². The van der Waals surface area contributed by atoms with Crippen molar-refractivity contribution in [2.24, 2.45) is 0 Å². The van der Waals surface area contributed by atoms with Crippen molar-refractivity contribution in [3.63, 3.8) is 0 Å². The standard InChI is InChI=1S/C29H32O4/c1-5-31-28-17-11-23(19-29(28)32-6-2)20-33-26-9-7-8-22(18-26)10-16-27(30)25-14-12-24(13-15-25)21(3)4/h7-19,21H,5-6,20H2,1-4H3/b16-10+. The van der Waals surface area contributed by atoms with Crippen molar-refractivity contribution in [1.29, 1.82) is 0 Å². The smallest absolute Gasteiger partial charge is 0.185 e. The number of ether oxygens (including phenoxy) is 3.